The molecule has 4 nitrogen and oxygen atoms in total. The largest absolute Gasteiger partial charge is 0.493 e. The molecule has 0 aliphatic rings. The normalized spacial score (nSPS) is 9.52. The molecule has 0 bridgehead atoms. The van der Waals surface area contributed by atoms with Crippen LogP contribution in [0.5, 0.6) is 17.2 Å². The van der Waals surface area contributed by atoms with Crippen LogP contribution in [-0.2, 0) is 0 Å². The Morgan fingerprint density at radius 2 is 1.67 bits per heavy atom. The van der Waals surface area contributed by atoms with Crippen LogP contribution in [0.4, 0.5) is 0 Å². The monoisotopic (exact) mass is 290 g/mol. The van der Waals surface area contributed by atoms with Gasteiger partial charge in [-0.05, 0) is 24.5 Å². The van der Waals surface area contributed by atoms with E-state index in [1.165, 1.54) is 21.3 Å². The van der Waals surface area contributed by atoms with E-state index in [-0.39, 0.29) is 5.78 Å². The summed E-state index contributed by atoms with van der Waals surface area (Å²) in [6.45, 7) is 2.13. The second kappa shape index (κ2) is 8.91. The highest BCUT2D eigenvalue weighted by Crippen LogP contribution is 2.38. The molecule has 114 valence electrons. The van der Waals surface area contributed by atoms with Gasteiger partial charge in [-0.1, -0.05) is 25.7 Å². The lowest BCUT2D eigenvalue weighted by Gasteiger charge is -2.12. The van der Waals surface area contributed by atoms with Gasteiger partial charge >= 0.3 is 0 Å². The van der Waals surface area contributed by atoms with Crippen LogP contribution in [0.25, 0.3) is 0 Å². The molecule has 0 spiro atoms. The zero-order chi connectivity index (χ0) is 15.7. The summed E-state index contributed by atoms with van der Waals surface area (Å²) in [4.78, 5) is 12.1. The van der Waals surface area contributed by atoms with Gasteiger partial charge in [0.2, 0.25) is 11.5 Å². The molecule has 0 heterocycles. The number of methoxy groups -OCH3 is 3. The number of carbonyl (C=O) groups is 1. The van der Waals surface area contributed by atoms with E-state index in [0.29, 0.717) is 22.8 Å². The molecule has 0 saturated heterocycles. The minimum atomic E-state index is -0.245. The zero-order valence-corrected chi connectivity index (χ0v) is 13.1. The molecule has 1 rings (SSSR count). The zero-order valence-electron chi connectivity index (χ0n) is 13.1. The third-order valence-corrected chi connectivity index (χ3v) is 3.03. The molecule has 0 amide bonds. The predicted molar refractivity (Wildman–Crippen MR) is 82.3 cm³/mol. The summed E-state index contributed by atoms with van der Waals surface area (Å²) in [5.74, 6) is 6.69. The molecule has 1 aromatic carbocycles. The Morgan fingerprint density at radius 3 is 2.14 bits per heavy atom. The molecular formula is C17H22O4. The van der Waals surface area contributed by atoms with Crippen molar-refractivity contribution in [2.75, 3.05) is 21.3 Å². The van der Waals surface area contributed by atoms with Crippen molar-refractivity contribution >= 4 is 5.78 Å². The lowest BCUT2D eigenvalue weighted by atomic mass is 10.1. The van der Waals surface area contributed by atoms with Crippen molar-refractivity contribution in [1.82, 2.24) is 0 Å². The number of unbranched alkanes of at least 4 members (excludes halogenated alkanes) is 3. The smallest absolute Gasteiger partial charge is 0.236 e. The standard InChI is InChI=1S/C17H22O4/c1-5-6-7-8-9-10-14(18)13-11-15(19-2)17(21-4)16(12-13)20-3/h11-12H,5-8H2,1-4H3. The topological polar surface area (TPSA) is 44.8 Å². The van der Waals surface area contributed by atoms with E-state index < -0.39 is 0 Å². The van der Waals surface area contributed by atoms with Gasteiger partial charge in [0.1, 0.15) is 0 Å². The van der Waals surface area contributed by atoms with Crippen molar-refractivity contribution in [3.63, 3.8) is 0 Å². The summed E-state index contributed by atoms with van der Waals surface area (Å²) < 4.78 is 15.7. The van der Waals surface area contributed by atoms with Crippen LogP contribution in [0.3, 0.4) is 0 Å². The second-order valence-electron chi connectivity index (χ2n) is 4.50. The van der Waals surface area contributed by atoms with Crippen LogP contribution in [0, 0.1) is 11.8 Å². The Balaban J connectivity index is 2.94. The number of ether oxygens (including phenoxy) is 3. The fraction of sp³-hybridized carbons (Fsp3) is 0.471. The first-order valence-electron chi connectivity index (χ1n) is 7.01. The van der Waals surface area contributed by atoms with E-state index in [0.717, 1.165) is 25.7 Å². The molecular weight excluding hydrogens is 268 g/mol. The SMILES string of the molecule is CCCCCC#CC(=O)c1cc(OC)c(OC)c(OC)c1. The van der Waals surface area contributed by atoms with Gasteiger partial charge in [-0.2, -0.15) is 0 Å². The molecule has 0 atom stereocenters. The summed E-state index contributed by atoms with van der Waals surface area (Å²) in [7, 11) is 4.55. The van der Waals surface area contributed by atoms with Crippen LogP contribution >= 0.6 is 0 Å². The van der Waals surface area contributed by atoms with Gasteiger partial charge < -0.3 is 14.2 Å². The van der Waals surface area contributed by atoms with Crippen molar-refractivity contribution in [2.24, 2.45) is 0 Å². The van der Waals surface area contributed by atoms with Crippen molar-refractivity contribution in [3.05, 3.63) is 17.7 Å². The molecule has 21 heavy (non-hydrogen) atoms. The van der Waals surface area contributed by atoms with Crippen molar-refractivity contribution in [2.45, 2.75) is 32.6 Å². The van der Waals surface area contributed by atoms with Gasteiger partial charge in [0.05, 0.1) is 21.3 Å². The second-order valence-corrected chi connectivity index (χ2v) is 4.50. The van der Waals surface area contributed by atoms with E-state index in [9.17, 15) is 4.79 Å². The van der Waals surface area contributed by atoms with E-state index >= 15 is 0 Å². The first-order valence-corrected chi connectivity index (χ1v) is 7.01. The average molecular weight is 290 g/mol. The summed E-state index contributed by atoms with van der Waals surface area (Å²) in [6, 6.07) is 3.23. The van der Waals surface area contributed by atoms with Gasteiger partial charge in [0.25, 0.3) is 0 Å². The number of rotatable bonds is 7. The van der Waals surface area contributed by atoms with Crippen LogP contribution in [0.15, 0.2) is 12.1 Å². The Kier molecular flexibility index (Phi) is 7.17. The number of Topliss-reactive ketones (excluding diaryl/α,β-unsaturated/α-hetero) is 1. The first kappa shape index (κ1) is 16.9. The van der Waals surface area contributed by atoms with E-state index in [1.54, 1.807) is 12.1 Å². The van der Waals surface area contributed by atoms with Gasteiger partial charge in [-0.25, -0.2) is 0 Å². The van der Waals surface area contributed by atoms with E-state index in [1.807, 2.05) is 0 Å². The number of hydrogen-bond donors (Lipinski definition) is 0. The number of ketones is 1. The molecule has 4 heteroatoms. The number of benzene rings is 1. The maximum Gasteiger partial charge on any atom is 0.236 e. The van der Waals surface area contributed by atoms with Gasteiger partial charge in [0.15, 0.2) is 11.5 Å². The van der Waals surface area contributed by atoms with Gasteiger partial charge in [0, 0.05) is 12.0 Å². The molecule has 0 aliphatic heterocycles. The maximum absolute atomic E-state index is 12.1. The van der Waals surface area contributed by atoms with Crippen molar-refractivity contribution < 1.29 is 19.0 Å². The highest BCUT2D eigenvalue weighted by molar-refractivity contribution is 6.09. The Bertz CT molecular complexity index is 512. The number of carbonyl (C=O) groups excluding carboxylic acids is 1. The molecule has 0 unspecified atom stereocenters. The lowest BCUT2D eigenvalue weighted by Crippen LogP contribution is -2.00. The first-order chi connectivity index (χ1) is 10.2. The minimum absolute atomic E-state index is 0.245. The highest BCUT2D eigenvalue weighted by Gasteiger charge is 2.15. The summed E-state index contributed by atoms with van der Waals surface area (Å²) >= 11 is 0. The summed E-state index contributed by atoms with van der Waals surface area (Å²) in [6.07, 6.45) is 4.03. The van der Waals surface area contributed by atoms with Crippen molar-refractivity contribution in [3.8, 4) is 29.1 Å². The Morgan fingerprint density at radius 1 is 1.05 bits per heavy atom. The third kappa shape index (κ3) is 4.71. The van der Waals surface area contributed by atoms with Crippen LogP contribution in [-0.4, -0.2) is 27.1 Å². The highest BCUT2D eigenvalue weighted by atomic mass is 16.5. The fourth-order valence-corrected chi connectivity index (χ4v) is 1.89. The van der Waals surface area contributed by atoms with Crippen LogP contribution < -0.4 is 14.2 Å². The Labute approximate surface area is 126 Å². The average Bonchev–Trinajstić information content (AvgIpc) is 2.52. The van der Waals surface area contributed by atoms with Crippen LogP contribution in [0.2, 0.25) is 0 Å². The lowest BCUT2D eigenvalue weighted by molar-refractivity contribution is 0.105. The maximum atomic E-state index is 12.1. The summed E-state index contributed by atoms with van der Waals surface area (Å²) in [5, 5.41) is 0. The van der Waals surface area contributed by atoms with Crippen LogP contribution in [0.1, 0.15) is 43.0 Å². The molecule has 0 N–H and O–H groups in total. The molecule has 1 aromatic rings. The van der Waals surface area contributed by atoms with Crippen molar-refractivity contribution in [1.29, 1.82) is 0 Å². The molecule has 0 fully saturated rings. The molecule has 0 radical (unpaired) electrons. The van der Waals surface area contributed by atoms with E-state index in [2.05, 4.69) is 18.8 Å². The minimum Gasteiger partial charge on any atom is -0.493 e. The predicted octanol–water partition coefficient (Wildman–Crippen LogP) is 3.48. The third-order valence-electron chi connectivity index (χ3n) is 3.03. The molecule has 0 aliphatic carbocycles. The van der Waals surface area contributed by atoms with Gasteiger partial charge in [-0.3, -0.25) is 4.79 Å². The quantitative estimate of drug-likeness (QED) is 0.334. The molecule has 0 aromatic heterocycles. The van der Waals surface area contributed by atoms with E-state index in [4.69, 9.17) is 14.2 Å². The summed E-state index contributed by atoms with van der Waals surface area (Å²) in [5.41, 5.74) is 0.437. The Hall–Kier alpha value is -2.15. The molecule has 0 saturated carbocycles. The van der Waals surface area contributed by atoms with Gasteiger partial charge in [-0.15, -0.1) is 0 Å². The fourth-order valence-electron chi connectivity index (χ4n) is 1.89. The number of hydrogen-bond acceptors (Lipinski definition) is 4.